The van der Waals surface area contributed by atoms with Crippen molar-refractivity contribution in [1.82, 2.24) is 9.88 Å². The lowest BCUT2D eigenvalue weighted by atomic mass is 10.1. The maximum absolute atomic E-state index is 7.45. The fourth-order valence-corrected chi connectivity index (χ4v) is 1.69. The van der Waals surface area contributed by atoms with E-state index in [0.717, 1.165) is 18.4 Å². The Kier molecular flexibility index (Phi) is 1.34. The second-order valence-electron chi connectivity index (χ2n) is 3.14. The SMILES string of the molecule is [2H][13C]([2H])([2H])N1CCCC1c1cccnc1. The molecule has 1 aromatic heterocycles. The van der Waals surface area contributed by atoms with Gasteiger partial charge in [-0.25, -0.2) is 0 Å². The van der Waals surface area contributed by atoms with Gasteiger partial charge in [0.25, 0.3) is 0 Å². The summed E-state index contributed by atoms with van der Waals surface area (Å²) in [4.78, 5) is 5.62. The number of rotatable bonds is 1. The molecule has 2 nitrogen and oxygen atoms in total. The van der Waals surface area contributed by atoms with Crippen LogP contribution < -0.4 is 0 Å². The molecule has 2 heterocycles. The third kappa shape index (κ3) is 1.34. The lowest BCUT2D eigenvalue weighted by Crippen LogP contribution is -2.17. The van der Waals surface area contributed by atoms with Crippen LogP contribution in [0.15, 0.2) is 24.5 Å². The molecule has 0 N–H and O–H groups in total. The van der Waals surface area contributed by atoms with E-state index in [0.29, 0.717) is 6.54 Å². The first-order valence-corrected chi connectivity index (χ1v) is 4.26. The molecule has 2 rings (SSSR count). The molecule has 12 heavy (non-hydrogen) atoms. The minimum atomic E-state index is -1.99. The van der Waals surface area contributed by atoms with Crippen LogP contribution in [-0.4, -0.2) is 23.4 Å². The molecule has 0 aliphatic carbocycles. The minimum absolute atomic E-state index is 0.00574. The molecule has 0 spiro atoms. The van der Waals surface area contributed by atoms with Crippen LogP contribution in [0.3, 0.4) is 0 Å². The summed E-state index contributed by atoms with van der Waals surface area (Å²) in [5.41, 5.74) is 1.01. The van der Waals surface area contributed by atoms with Crippen molar-refractivity contribution >= 4 is 0 Å². The highest BCUT2D eigenvalue weighted by molar-refractivity contribution is 5.14. The Bertz CT molecular complexity index is 323. The molecule has 1 atom stereocenters. The summed E-state index contributed by atoms with van der Waals surface area (Å²) in [6.07, 6.45) is 5.31. The van der Waals surface area contributed by atoms with Crippen molar-refractivity contribution in [3.8, 4) is 0 Å². The fraction of sp³-hybridized carbons (Fsp3) is 0.500. The van der Waals surface area contributed by atoms with Gasteiger partial charge in [0.2, 0.25) is 0 Å². The lowest BCUT2D eigenvalue weighted by molar-refractivity contribution is 0.317. The highest BCUT2D eigenvalue weighted by Crippen LogP contribution is 2.29. The molecule has 0 saturated carbocycles. The second-order valence-corrected chi connectivity index (χ2v) is 3.14. The topological polar surface area (TPSA) is 16.1 Å². The molecule has 1 saturated heterocycles. The summed E-state index contributed by atoms with van der Waals surface area (Å²) in [5, 5.41) is 0. The predicted octanol–water partition coefficient (Wildman–Crippen LogP) is 1.85. The Morgan fingerprint density at radius 3 is 3.50 bits per heavy atom. The van der Waals surface area contributed by atoms with Gasteiger partial charge < -0.3 is 0 Å². The van der Waals surface area contributed by atoms with E-state index in [9.17, 15) is 0 Å². The van der Waals surface area contributed by atoms with E-state index in [1.165, 1.54) is 0 Å². The largest absolute Gasteiger partial charge is 0.299 e. The van der Waals surface area contributed by atoms with Crippen molar-refractivity contribution in [1.29, 1.82) is 0 Å². The van der Waals surface area contributed by atoms with Crippen LogP contribution in [0.5, 0.6) is 0 Å². The summed E-state index contributed by atoms with van der Waals surface area (Å²) >= 11 is 0. The normalized spacial score (nSPS) is 29.3. The third-order valence-corrected chi connectivity index (χ3v) is 2.32. The van der Waals surface area contributed by atoms with Gasteiger partial charge in [0, 0.05) is 22.5 Å². The van der Waals surface area contributed by atoms with Crippen molar-refractivity contribution in [3.05, 3.63) is 30.1 Å². The molecule has 2 heteroatoms. The zero-order chi connectivity index (χ0) is 10.9. The van der Waals surface area contributed by atoms with Crippen LogP contribution in [0.2, 0.25) is 0 Å². The van der Waals surface area contributed by atoms with Crippen LogP contribution in [0.1, 0.15) is 28.6 Å². The zero-order valence-electron chi connectivity index (χ0n) is 9.90. The van der Waals surface area contributed by atoms with Gasteiger partial charge in [-0.15, -0.1) is 0 Å². The number of hydrogen-bond acceptors (Lipinski definition) is 2. The van der Waals surface area contributed by atoms with Gasteiger partial charge in [-0.2, -0.15) is 0 Å². The summed E-state index contributed by atoms with van der Waals surface area (Å²) in [5.74, 6) is 0. The maximum atomic E-state index is 7.45. The maximum Gasteiger partial charge on any atom is 0.0394 e. The van der Waals surface area contributed by atoms with Crippen LogP contribution >= 0.6 is 0 Å². The second kappa shape index (κ2) is 3.23. The molecule has 64 valence electrons. The number of pyridine rings is 1. The molecular formula is C10H14N2. The molecule has 0 amide bonds. The van der Waals surface area contributed by atoms with Gasteiger partial charge in [0.05, 0.1) is 0 Å². The molecule has 0 bridgehead atoms. The highest BCUT2D eigenvalue weighted by Gasteiger charge is 2.21. The summed E-state index contributed by atoms with van der Waals surface area (Å²) in [6.45, 7) is -1.34. The van der Waals surface area contributed by atoms with Crippen molar-refractivity contribution in [3.63, 3.8) is 0 Å². The molecule has 1 aromatic rings. The van der Waals surface area contributed by atoms with E-state index in [1.54, 1.807) is 17.3 Å². The van der Waals surface area contributed by atoms with Gasteiger partial charge in [0.1, 0.15) is 0 Å². The Balaban J connectivity index is 2.23. The van der Waals surface area contributed by atoms with Crippen LogP contribution in [-0.2, 0) is 0 Å². The van der Waals surface area contributed by atoms with E-state index in [4.69, 9.17) is 4.11 Å². The Labute approximate surface area is 77.4 Å². The Morgan fingerprint density at radius 2 is 2.75 bits per heavy atom. The molecular weight excluding hydrogens is 149 g/mol. The van der Waals surface area contributed by atoms with Crippen molar-refractivity contribution in [2.24, 2.45) is 0 Å². The van der Waals surface area contributed by atoms with Crippen LogP contribution in [0.25, 0.3) is 0 Å². The molecule has 0 aromatic carbocycles. The summed E-state index contributed by atoms with van der Waals surface area (Å²) in [6, 6.07) is 3.80. The standard InChI is InChI=1S/C10H14N2/c1-12-7-3-5-10(12)9-4-2-6-11-8-9/h2,4,6,8,10H,3,5,7H2,1H3/i1+1D3. The van der Waals surface area contributed by atoms with Crippen molar-refractivity contribution < 1.29 is 4.11 Å². The van der Waals surface area contributed by atoms with Crippen molar-refractivity contribution in [2.45, 2.75) is 18.9 Å². The molecule has 0 radical (unpaired) electrons. The molecule has 1 fully saturated rings. The lowest BCUT2D eigenvalue weighted by Gasteiger charge is -2.18. The van der Waals surface area contributed by atoms with Crippen molar-refractivity contribution in [2.75, 3.05) is 13.5 Å². The van der Waals surface area contributed by atoms with Crippen LogP contribution in [0, 0.1) is 0 Å². The fourth-order valence-electron chi connectivity index (χ4n) is 1.69. The molecule has 1 aliphatic rings. The van der Waals surface area contributed by atoms with E-state index in [-0.39, 0.29) is 6.04 Å². The zero-order valence-corrected chi connectivity index (χ0v) is 6.90. The third-order valence-electron chi connectivity index (χ3n) is 2.32. The molecule has 1 unspecified atom stereocenters. The average Bonchev–Trinajstić information content (AvgIpc) is 2.67. The number of nitrogens with zero attached hydrogens (tertiary/aromatic N) is 2. The Morgan fingerprint density at radius 1 is 1.75 bits per heavy atom. The number of hydrogen-bond donors (Lipinski definition) is 0. The average molecular weight is 166 g/mol. The smallest absolute Gasteiger partial charge is 0.0394 e. The first-order valence-electron chi connectivity index (χ1n) is 5.76. The first kappa shape index (κ1) is 4.97. The quantitative estimate of drug-likeness (QED) is 0.592. The Hall–Kier alpha value is -0.890. The summed E-state index contributed by atoms with van der Waals surface area (Å²) < 4.78 is 22.3. The highest BCUT2D eigenvalue weighted by atomic mass is 15.2. The first-order chi connectivity index (χ1) is 7.09. The van der Waals surface area contributed by atoms with Crippen LogP contribution in [0.4, 0.5) is 0 Å². The number of likely N-dealkylation sites (tertiary alicyclic amines) is 1. The van der Waals surface area contributed by atoms with Gasteiger partial charge >= 0.3 is 0 Å². The summed E-state index contributed by atoms with van der Waals surface area (Å²) in [7, 11) is 0. The van der Waals surface area contributed by atoms with Gasteiger partial charge in [0.15, 0.2) is 0 Å². The predicted molar refractivity (Wildman–Crippen MR) is 48.8 cm³/mol. The monoisotopic (exact) mass is 166 g/mol. The van der Waals surface area contributed by atoms with Gasteiger partial charge in [-0.3, -0.25) is 9.88 Å². The molecule has 1 aliphatic heterocycles. The minimum Gasteiger partial charge on any atom is -0.299 e. The van der Waals surface area contributed by atoms with E-state index < -0.39 is 6.98 Å². The van der Waals surface area contributed by atoms with E-state index >= 15 is 0 Å². The van der Waals surface area contributed by atoms with E-state index in [1.807, 2.05) is 12.1 Å². The van der Waals surface area contributed by atoms with E-state index in [2.05, 4.69) is 4.98 Å². The van der Waals surface area contributed by atoms with Gasteiger partial charge in [-0.05, 0) is 38.0 Å². The number of aromatic nitrogens is 1. The van der Waals surface area contributed by atoms with Gasteiger partial charge in [-0.1, -0.05) is 6.07 Å².